The summed E-state index contributed by atoms with van der Waals surface area (Å²) in [5, 5.41) is 0. The molecule has 0 spiro atoms. The van der Waals surface area contributed by atoms with Gasteiger partial charge in [-0.3, -0.25) is 0 Å². The Morgan fingerprint density at radius 3 is 1.45 bits per heavy atom. The monoisotopic (exact) mass is 522 g/mol. The Balaban J connectivity index is 2.16. The molecule has 2 heterocycles. The van der Waals surface area contributed by atoms with Crippen LogP contribution in [0, 0.1) is 21.7 Å². The van der Waals surface area contributed by atoms with Crippen molar-refractivity contribution >= 4 is 5.57 Å². The molecule has 38 heavy (non-hydrogen) atoms. The zero-order valence-electron chi connectivity index (χ0n) is 26.3. The summed E-state index contributed by atoms with van der Waals surface area (Å²) < 4.78 is 25.3. The Labute approximate surface area is 231 Å². The summed E-state index contributed by atoms with van der Waals surface area (Å²) in [4.78, 5) is 0. The van der Waals surface area contributed by atoms with E-state index in [-0.39, 0.29) is 21.7 Å². The van der Waals surface area contributed by atoms with Gasteiger partial charge in [-0.2, -0.15) is 0 Å². The lowest BCUT2D eigenvalue weighted by molar-refractivity contribution is -0.230. The van der Waals surface area contributed by atoms with Gasteiger partial charge in [-0.05, 0) is 41.0 Å². The zero-order valence-corrected chi connectivity index (χ0v) is 26.3. The molecule has 0 saturated heterocycles. The third kappa shape index (κ3) is 5.82. The SMILES string of the molecule is COC1(c2ccc(C3=CC(OC)(C(C)(C)C)OC(C(C)(C)C)=C3)cc2)C=C(C(C)(C)C)OC(C(C)(C)C)=C1. The Morgan fingerprint density at radius 1 is 0.605 bits per heavy atom. The minimum Gasteiger partial charge on any atom is -0.465 e. The predicted octanol–water partition coefficient (Wildman–Crippen LogP) is 9.15. The lowest BCUT2D eigenvalue weighted by Gasteiger charge is -2.46. The lowest BCUT2D eigenvalue weighted by Crippen LogP contribution is -2.47. The molecule has 0 fully saturated rings. The van der Waals surface area contributed by atoms with Gasteiger partial charge >= 0.3 is 0 Å². The number of benzene rings is 1. The van der Waals surface area contributed by atoms with E-state index in [2.05, 4.69) is 132 Å². The molecular weight excluding hydrogens is 472 g/mol. The molecule has 0 N–H and O–H groups in total. The number of allylic oxidation sites excluding steroid dienone is 5. The van der Waals surface area contributed by atoms with E-state index in [0.717, 1.165) is 34.0 Å². The van der Waals surface area contributed by atoms with Crippen LogP contribution in [0.5, 0.6) is 0 Å². The standard InChI is InChI=1S/C34H50O4/c1-29(2,3)26-19-24(20-34(36-14,38-26)32(10,11)12)23-15-17-25(18-16-23)33(35-13)21-27(30(4,5)6)37-28(22-33)31(7,8)9/h15-22H,1-14H3. The second-order valence-electron chi connectivity index (χ2n) is 14.8. The van der Waals surface area contributed by atoms with Gasteiger partial charge in [0.1, 0.15) is 22.9 Å². The number of hydrogen-bond donors (Lipinski definition) is 0. The van der Waals surface area contributed by atoms with Crippen LogP contribution in [0.4, 0.5) is 0 Å². The fourth-order valence-electron chi connectivity index (χ4n) is 4.60. The molecular formula is C34H50O4. The average molecular weight is 523 g/mol. The molecule has 1 aromatic carbocycles. The Kier molecular flexibility index (Phi) is 7.73. The molecule has 0 bridgehead atoms. The molecule has 0 radical (unpaired) electrons. The van der Waals surface area contributed by atoms with E-state index in [4.69, 9.17) is 18.9 Å². The molecule has 1 atom stereocenters. The van der Waals surface area contributed by atoms with Crippen molar-refractivity contribution in [1.82, 2.24) is 0 Å². The highest BCUT2D eigenvalue weighted by atomic mass is 16.7. The van der Waals surface area contributed by atoms with Crippen molar-refractivity contribution in [3.05, 3.63) is 77.0 Å². The minimum absolute atomic E-state index is 0.161. The van der Waals surface area contributed by atoms with E-state index in [1.54, 1.807) is 14.2 Å². The lowest BCUT2D eigenvalue weighted by atomic mass is 9.79. The fourth-order valence-corrected chi connectivity index (χ4v) is 4.60. The Hall–Kier alpha value is -2.30. The van der Waals surface area contributed by atoms with Crippen LogP contribution in [0.15, 0.2) is 65.8 Å². The largest absolute Gasteiger partial charge is 0.465 e. The third-order valence-corrected chi connectivity index (χ3v) is 7.38. The molecule has 1 unspecified atom stereocenters. The van der Waals surface area contributed by atoms with Crippen LogP contribution in [0.3, 0.4) is 0 Å². The van der Waals surface area contributed by atoms with Crippen LogP contribution >= 0.6 is 0 Å². The topological polar surface area (TPSA) is 36.9 Å². The van der Waals surface area contributed by atoms with Crippen LogP contribution in [-0.2, 0) is 24.5 Å². The van der Waals surface area contributed by atoms with Gasteiger partial charge in [0.25, 0.3) is 0 Å². The normalized spacial score (nSPS) is 22.5. The first-order valence-electron chi connectivity index (χ1n) is 13.7. The molecule has 1 aromatic rings. The number of hydrogen-bond acceptors (Lipinski definition) is 4. The highest BCUT2D eigenvalue weighted by Crippen LogP contribution is 2.48. The van der Waals surface area contributed by atoms with Crippen molar-refractivity contribution < 1.29 is 18.9 Å². The van der Waals surface area contributed by atoms with Gasteiger partial charge in [0, 0.05) is 35.9 Å². The van der Waals surface area contributed by atoms with Gasteiger partial charge in [0.2, 0.25) is 5.79 Å². The highest BCUT2D eigenvalue weighted by molar-refractivity contribution is 5.76. The summed E-state index contributed by atoms with van der Waals surface area (Å²) in [5.41, 5.74) is 1.75. The fraction of sp³-hybridized carbons (Fsp3) is 0.588. The number of methoxy groups -OCH3 is 2. The van der Waals surface area contributed by atoms with Gasteiger partial charge in [-0.15, -0.1) is 0 Å². The maximum atomic E-state index is 6.56. The molecule has 2 aliphatic heterocycles. The summed E-state index contributed by atoms with van der Waals surface area (Å²) in [6, 6.07) is 8.64. The number of ether oxygens (including phenoxy) is 4. The maximum absolute atomic E-state index is 6.56. The van der Waals surface area contributed by atoms with Gasteiger partial charge in [-0.25, -0.2) is 0 Å². The van der Waals surface area contributed by atoms with Crippen molar-refractivity contribution in [3.63, 3.8) is 0 Å². The third-order valence-electron chi connectivity index (χ3n) is 7.38. The smallest absolute Gasteiger partial charge is 0.235 e. The molecule has 4 heteroatoms. The number of rotatable bonds is 4. The van der Waals surface area contributed by atoms with Crippen LogP contribution in [-0.4, -0.2) is 20.0 Å². The summed E-state index contributed by atoms with van der Waals surface area (Å²) in [6.45, 7) is 25.9. The van der Waals surface area contributed by atoms with Crippen molar-refractivity contribution in [1.29, 1.82) is 0 Å². The van der Waals surface area contributed by atoms with Gasteiger partial charge < -0.3 is 18.9 Å². The molecule has 0 amide bonds. The molecule has 0 saturated carbocycles. The van der Waals surface area contributed by atoms with Crippen LogP contribution in [0.2, 0.25) is 0 Å². The summed E-state index contributed by atoms with van der Waals surface area (Å²) >= 11 is 0. The molecule has 3 rings (SSSR count). The van der Waals surface area contributed by atoms with E-state index in [1.165, 1.54) is 0 Å². The van der Waals surface area contributed by atoms with E-state index in [9.17, 15) is 0 Å². The second kappa shape index (κ2) is 9.71. The maximum Gasteiger partial charge on any atom is 0.235 e. The van der Waals surface area contributed by atoms with Gasteiger partial charge in [0.05, 0.1) is 0 Å². The molecule has 0 aromatic heterocycles. The van der Waals surface area contributed by atoms with Gasteiger partial charge in [0.15, 0.2) is 0 Å². The quantitative estimate of drug-likeness (QED) is 0.395. The summed E-state index contributed by atoms with van der Waals surface area (Å²) in [7, 11) is 3.49. The zero-order chi connectivity index (χ0) is 28.9. The van der Waals surface area contributed by atoms with Crippen LogP contribution < -0.4 is 0 Å². The molecule has 2 aliphatic rings. The molecule has 0 aliphatic carbocycles. The van der Waals surface area contributed by atoms with E-state index >= 15 is 0 Å². The average Bonchev–Trinajstić information content (AvgIpc) is 2.81. The Bertz CT molecular complexity index is 1120. The van der Waals surface area contributed by atoms with Crippen molar-refractivity contribution in [2.75, 3.05) is 14.2 Å². The van der Waals surface area contributed by atoms with Crippen molar-refractivity contribution in [2.24, 2.45) is 21.7 Å². The first-order chi connectivity index (χ1) is 17.2. The van der Waals surface area contributed by atoms with E-state index in [1.807, 2.05) is 0 Å². The first kappa shape index (κ1) is 30.2. The van der Waals surface area contributed by atoms with Gasteiger partial charge in [-0.1, -0.05) is 107 Å². The second-order valence-corrected chi connectivity index (χ2v) is 14.8. The van der Waals surface area contributed by atoms with Crippen molar-refractivity contribution in [3.8, 4) is 0 Å². The van der Waals surface area contributed by atoms with Crippen LogP contribution in [0.1, 0.15) is 94.2 Å². The predicted molar refractivity (Wildman–Crippen MR) is 157 cm³/mol. The van der Waals surface area contributed by atoms with E-state index < -0.39 is 11.4 Å². The first-order valence-corrected chi connectivity index (χ1v) is 13.7. The van der Waals surface area contributed by atoms with E-state index in [0.29, 0.717) is 0 Å². The van der Waals surface area contributed by atoms with Crippen LogP contribution in [0.25, 0.3) is 5.57 Å². The Morgan fingerprint density at radius 2 is 1.08 bits per heavy atom. The summed E-state index contributed by atoms with van der Waals surface area (Å²) in [5.74, 6) is 1.86. The highest BCUT2D eigenvalue weighted by Gasteiger charge is 2.47. The van der Waals surface area contributed by atoms with Crippen molar-refractivity contribution in [2.45, 2.75) is 94.5 Å². The summed E-state index contributed by atoms with van der Waals surface area (Å²) in [6.07, 6.45) is 8.51. The molecule has 4 nitrogen and oxygen atoms in total. The minimum atomic E-state index is -0.873. The molecule has 210 valence electrons.